The molecule has 1 aliphatic heterocycles. The fourth-order valence-electron chi connectivity index (χ4n) is 3.09. The number of rotatable bonds is 4. The monoisotopic (exact) mass is 275 g/mol. The van der Waals surface area contributed by atoms with Gasteiger partial charge in [-0.15, -0.1) is 0 Å². The van der Waals surface area contributed by atoms with Crippen LogP contribution in [0.3, 0.4) is 0 Å². The molecule has 1 heterocycles. The standard InChI is InChI=1S/C15H27B2NO2/c1-7-15(16,8-2)12(19)20-11-9-13(3,4)18(17)14(5,6)10-11/h11H,7-10H2,1-6H3. The first-order chi connectivity index (χ1) is 8.98. The molecule has 0 aromatic carbocycles. The van der Waals surface area contributed by atoms with E-state index < -0.39 is 5.31 Å². The number of ether oxygens (including phenoxy) is 1. The zero-order valence-electron chi connectivity index (χ0n) is 13.8. The molecule has 0 aliphatic carbocycles. The van der Waals surface area contributed by atoms with Crippen LogP contribution in [0.2, 0.25) is 5.31 Å². The average molecular weight is 275 g/mol. The molecule has 1 fully saturated rings. The van der Waals surface area contributed by atoms with E-state index in [1.165, 1.54) is 0 Å². The molecule has 0 atom stereocenters. The van der Waals surface area contributed by atoms with Gasteiger partial charge < -0.3 is 9.55 Å². The summed E-state index contributed by atoms with van der Waals surface area (Å²) in [7, 11) is 12.3. The van der Waals surface area contributed by atoms with E-state index in [1.807, 2.05) is 18.7 Å². The van der Waals surface area contributed by atoms with Crippen LogP contribution in [0.5, 0.6) is 0 Å². The highest BCUT2D eigenvalue weighted by molar-refractivity contribution is 6.26. The third-order valence-corrected chi connectivity index (χ3v) is 4.70. The highest BCUT2D eigenvalue weighted by Crippen LogP contribution is 2.40. The molecule has 1 rings (SSSR count). The summed E-state index contributed by atoms with van der Waals surface area (Å²) in [6.07, 6.45) is 2.49. The lowest BCUT2D eigenvalue weighted by Crippen LogP contribution is -2.61. The van der Waals surface area contributed by atoms with Crippen molar-refractivity contribution in [1.82, 2.24) is 4.81 Å². The number of hydrogen-bond acceptors (Lipinski definition) is 3. The van der Waals surface area contributed by atoms with Gasteiger partial charge in [-0.3, -0.25) is 4.79 Å². The highest BCUT2D eigenvalue weighted by atomic mass is 16.5. The van der Waals surface area contributed by atoms with Crippen LogP contribution in [0, 0.1) is 0 Å². The normalized spacial score (nSPS) is 23.5. The summed E-state index contributed by atoms with van der Waals surface area (Å²) >= 11 is 0. The lowest BCUT2D eigenvalue weighted by atomic mass is 9.65. The van der Waals surface area contributed by atoms with Gasteiger partial charge in [-0.05, 0) is 40.5 Å². The van der Waals surface area contributed by atoms with Gasteiger partial charge in [0.1, 0.15) is 6.10 Å². The number of hydrogen-bond donors (Lipinski definition) is 0. The van der Waals surface area contributed by atoms with Gasteiger partial charge in [0.25, 0.3) is 0 Å². The predicted octanol–water partition coefficient (Wildman–Crippen LogP) is 2.78. The van der Waals surface area contributed by atoms with E-state index in [0.29, 0.717) is 12.8 Å². The Hall–Kier alpha value is -0.440. The molecule has 0 saturated carbocycles. The van der Waals surface area contributed by atoms with Crippen molar-refractivity contribution >= 4 is 21.8 Å². The maximum atomic E-state index is 12.3. The summed E-state index contributed by atoms with van der Waals surface area (Å²) in [6.45, 7) is 12.1. The number of carbonyl (C=O) groups is 1. The predicted molar refractivity (Wildman–Crippen MR) is 83.9 cm³/mol. The summed E-state index contributed by atoms with van der Waals surface area (Å²) in [6, 6.07) is 0. The minimum Gasteiger partial charge on any atom is -0.462 e. The number of esters is 1. The Bertz CT molecular complexity index is 347. The van der Waals surface area contributed by atoms with E-state index in [-0.39, 0.29) is 23.2 Å². The summed E-state index contributed by atoms with van der Waals surface area (Å²) in [5.41, 5.74) is -0.412. The van der Waals surface area contributed by atoms with E-state index in [1.54, 1.807) is 0 Å². The Morgan fingerprint density at radius 1 is 1.20 bits per heavy atom. The van der Waals surface area contributed by atoms with Gasteiger partial charge in [-0.2, -0.15) is 0 Å². The molecule has 3 nitrogen and oxygen atoms in total. The maximum Gasteiger partial charge on any atom is 0.303 e. The van der Waals surface area contributed by atoms with Crippen LogP contribution < -0.4 is 0 Å². The van der Waals surface area contributed by atoms with Crippen molar-refractivity contribution in [2.24, 2.45) is 0 Å². The molecule has 5 heteroatoms. The molecule has 0 N–H and O–H groups in total. The number of carbonyl (C=O) groups excluding carboxylic acids is 1. The van der Waals surface area contributed by atoms with E-state index >= 15 is 0 Å². The largest absolute Gasteiger partial charge is 0.462 e. The number of piperidine rings is 1. The van der Waals surface area contributed by atoms with E-state index in [4.69, 9.17) is 20.6 Å². The molecule has 0 aromatic heterocycles. The molecule has 0 aromatic rings. The first-order valence-corrected chi connectivity index (χ1v) is 7.53. The van der Waals surface area contributed by atoms with Gasteiger partial charge in [-0.25, -0.2) is 0 Å². The van der Waals surface area contributed by atoms with Crippen LogP contribution in [-0.2, 0) is 9.53 Å². The average Bonchev–Trinajstić information content (AvgIpc) is 2.34. The Balaban J connectivity index is 2.82. The Labute approximate surface area is 126 Å². The van der Waals surface area contributed by atoms with Crippen molar-refractivity contribution in [3.63, 3.8) is 0 Å². The smallest absolute Gasteiger partial charge is 0.303 e. The SMILES string of the molecule is [B]N1C(C)(C)CC(OC(=O)C([B])(CC)CC)CC1(C)C. The van der Waals surface area contributed by atoms with Crippen LogP contribution in [0.15, 0.2) is 0 Å². The molecule has 0 bridgehead atoms. The van der Waals surface area contributed by atoms with Crippen LogP contribution in [0.25, 0.3) is 0 Å². The zero-order chi connectivity index (χ0) is 15.8. The van der Waals surface area contributed by atoms with Crippen molar-refractivity contribution in [3.8, 4) is 0 Å². The van der Waals surface area contributed by atoms with Crippen molar-refractivity contribution in [2.45, 2.75) is 89.7 Å². The molecule has 110 valence electrons. The van der Waals surface area contributed by atoms with Gasteiger partial charge >= 0.3 is 5.97 Å². The van der Waals surface area contributed by atoms with E-state index in [0.717, 1.165) is 12.8 Å². The second-order valence-electron chi connectivity index (χ2n) is 7.29. The lowest BCUT2D eigenvalue weighted by molar-refractivity contribution is -0.160. The van der Waals surface area contributed by atoms with Gasteiger partial charge in [0.2, 0.25) is 0 Å². The highest BCUT2D eigenvalue weighted by Gasteiger charge is 2.44. The van der Waals surface area contributed by atoms with Gasteiger partial charge in [0, 0.05) is 29.2 Å². The summed E-state index contributed by atoms with van der Waals surface area (Å²) in [4.78, 5) is 14.2. The Morgan fingerprint density at radius 2 is 1.60 bits per heavy atom. The second kappa shape index (κ2) is 5.75. The van der Waals surface area contributed by atoms with Crippen molar-refractivity contribution in [2.75, 3.05) is 0 Å². The van der Waals surface area contributed by atoms with E-state index in [2.05, 4.69) is 27.7 Å². The molecule has 0 spiro atoms. The topological polar surface area (TPSA) is 29.5 Å². The first-order valence-electron chi connectivity index (χ1n) is 7.53. The van der Waals surface area contributed by atoms with Gasteiger partial charge in [0.15, 0.2) is 7.98 Å². The van der Waals surface area contributed by atoms with Crippen LogP contribution in [0.4, 0.5) is 0 Å². The fourth-order valence-corrected chi connectivity index (χ4v) is 3.09. The van der Waals surface area contributed by atoms with Gasteiger partial charge in [-0.1, -0.05) is 13.8 Å². The minimum atomic E-state index is -0.867. The number of nitrogens with zero attached hydrogens (tertiary/aromatic N) is 1. The lowest BCUT2D eigenvalue weighted by Gasteiger charge is -2.54. The Kier molecular flexibility index (Phi) is 5.06. The molecule has 20 heavy (non-hydrogen) atoms. The third-order valence-electron chi connectivity index (χ3n) is 4.70. The van der Waals surface area contributed by atoms with Crippen molar-refractivity contribution in [1.29, 1.82) is 0 Å². The summed E-state index contributed by atoms with van der Waals surface area (Å²) < 4.78 is 5.71. The summed E-state index contributed by atoms with van der Waals surface area (Å²) in [5, 5.41) is -0.867. The van der Waals surface area contributed by atoms with E-state index in [9.17, 15) is 4.79 Å². The van der Waals surface area contributed by atoms with Crippen LogP contribution in [0.1, 0.15) is 67.2 Å². The minimum absolute atomic E-state index is 0.131. The maximum absolute atomic E-state index is 12.3. The molecule has 0 unspecified atom stereocenters. The summed E-state index contributed by atoms with van der Waals surface area (Å²) in [5.74, 6) is -0.287. The second-order valence-corrected chi connectivity index (χ2v) is 7.29. The zero-order valence-corrected chi connectivity index (χ0v) is 13.8. The molecular formula is C15H27B2NO2. The molecule has 4 radical (unpaired) electrons. The molecule has 0 amide bonds. The van der Waals surface area contributed by atoms with Crippen molar-refractivity contribution < 1.29 is 9.53 Å². The molecule has 1 aliphatic rings. The quantitative estimate of drug-likeness (QED) is 0.583. The van der Waals surface area contributed by atoms with Gasteiger partial charge in [0.05, 0.1) is 7.85 Å². The third kappa shape index (κ3) is 3.41. The molecule has 1 saturated heterocycles. The molecular weight excluding hydrogens is 248 g/mol. The first kappa shape index (κ1) is 17.6. The Morgan fingerprint density at radius 3 is 1.95 bits per heavy atom. The van der Waals surface area contributed by atoms with Crippen molar-refractivity contribution in [3.05, 3.63) is 0 Å². The van der Waals surface area contributed by atoms with Crippen LogP contribution in [-0.4, -0.2) is 43.8 Å². The van der Waals surface area contributed by atoms with Crippen LogP contribution >= 0.6 is 0 Å². The fraction of sp³-hybridized carbons (Fsp3) is 0.933.